The molecule has 4 aromatic rings. The van der Waals surface area contributed by atoms with Crippen LogP contribution in [0.3, 0.4) is 0 Å². The third-order valence-corrected chi connectivity index (χ3v) is 6.76. The van der Waals surface area contributed by atoms with Gasteiger partial charge in [0.05, 0.1) is 10.7 Å². The Bertz CT molecular complexity index is 1360. The van der Waals surface area contributed by atoms with Crippen molar-refractivity contribution in [2.75, 3.05) is 5.32 Å². The maximum atomic E-state index is 12.6. The summed E-state index contributed by atoms with van der Waals surface area (Å²) in [5.74, 6) is -0.505. The summed E-state index contributed by atoms with van der Waals surface area (Å²) >= 11 is 10.9. The molecule has 9 heteroatoms. The molecule has 0 aliphatic heterocycles. The molecule has 0 fully saturated rings. The number of fused-ring (bicyclic) bond motifs is 1. The molecule has 2 heterocycles. The zero-order valence-electron chi connectivity index (χ0n) is 17.0. The summed E-state index contributed by atoms with van der Waals surface area (Å²) < 4.78 is 6.68. The number of furan rings is 1. The van der Waals surface area contributed by atoms with Gasteiger partial charge in [-0.05, 0) is 71.2 Å². The van der Waals surface area contributed by atoms with E-state index in [1.807, 2.05) is 25.1 Å². The maximum Gasteiger partial charge on any atom is 0.291 e. The highest BCUT2D eigenvalue weighted by Crippen LogP contribution is 2.35. The van der Waals surface area contributed by atoms with Gasteiger partial charge in [-0.1, -0.05) is 35.9 Å². The van der Waals surface area contributed by atoms with Crippen LogP contribution in [0.15, 0.2) is 68.8 Å². The van der Waals surface area contributed by atoms with E-state index >= 15 is 0 Å². The average Bonchev–Trinajstić information content (AvgIpc) is 3.35. The number of carbonyl (C=O) groups excluding carboxylic acids is 2. The van der Waals surface area contributed by atoms with Gasteiger partial charge in [0.15, 0.2) is 10.4 Å². The molecule has 2 N–H and O–H groups in total. The maximum absolute atomic E-state index is 12.6. The summed E-state index contributed by atoms with van der Waals surface area (Å²) in [6.07, 6.45) is 0. The second-order valence-corrected chi connectivity index (χ2v) is 9.23. The van der Waals surface area contributed by atoms with Crippen molar-refractivity contribution in [1.82, 2.24) is 5.43 Å². The van der Waals surface area contributed by atoms with Crippen molar-refractivity contribution >= 4 is 72.2 Å². The van der Waals surface area contributed by atoms with Gasteiger partial charge in [-0.3, -0.25) is 9.59 Å². The minimum Gasteiger partial charge on any atom is -0.444 e. The van der Waals surface area contributed by atoms with E-state index in [0.29, 0.717) is 26.0 Å². The molecule has 4 rings (SSSR count). The van der Waals surface area contributed by atoms with Crippen LogP contribution in [0.5, 0.6) is 0 Å². The fourth-order valence-corrected chi connectivity index (χ4v) is 4.80. The Hall–Kier alpha value is -2.94. The van der Waals surface area contributed by atoms with Crippen LogP contribution in [-0.2, 0) is 0 Å². The normalized spacial score (nSPS) is 11.6. The van der Waals surface area contributed by atoms with Crippen molar-refractivity contribution in [3.8, 4) is 0 Å². The molecule has 0 saturated heterocycles. The first-order valence-electron chi connectivity index (χ1n) is 9.52. The number of aryl methyl sites for hydroxylation is 1. The summed E-state index contributed by atoms with van der Waals surface area (Å²) in [7, 11) is 0. The molecule has 0 aliphatic carbocycles. The number of thiophene rings is 1. The SMILES string of the molecule is CC(=NNC(=O)c1sc2cc(C)ccc2c1Cl)c1ccc(NC(=O)c2ccc(Br)o2)cc1. The quantitative estimate of drug-likeness (QED) is 0.224. The summed E-state index contributed by atoms with van der Waals surface area (Å²) in [6.45, 7) is 3.78. The van der Waals surface area contributed by atoms with Gasteiger partial charge in [-0.2, -0.15) is 5.10 Å². The lowest BCUT2D eigenvalue weighted by molar-refractivity contribution is 0.0957. The molecular weight excluding hydrogens is 514 g/mol. The van der Waals surface area contributed by atoms with Crippen LogP contribution in [0, 0.1) is 6.92 Å². The second-order valence-electron chi connectivity index (χ2n) is 7.02. The fourth-order valence-electron chi connectivity index (χ4n) is 2.99. The average molecular weight is 531 g/mol. The molecule has 0 spiro atoms. The van der Waals surface area contributed by atoms with Gasteiger partial charge in [0.25, 0.3) is 11.8 Å². The number of anilines is 1. The summed E-state index contributed by atoms with van der Waals surface area (Å²) in [5.41, 5.74) is 5.69. The number of amides is 2. The number of benzene rings is 2. The molecule has 0 atom stereocenters. The van der Waals surface area contributed by atoms with Crippen molar-refractivity contribution in [1.29, 1.82) is 0 Å². The Morgan fingerprint density at radius 3 is 2.50 bits per heavy atom. The van der Waals surface area contributed by atoms with E-state index in [9.17, 15) is 9.59 Å². The minimum atomic E-state index is -0.360. The van der Waals surface area contributed by atoms with Crippen LogP contribution in [-0.4, -0.2) is 17.5 Å². The standard InChI is InChI=1S/C23H17BrClN3O3S/c1-12-3-8-16-18(11-12)32-21(20(16)25)23(30)28-27-13(2)14-4-6-15(7-5-14)26-22(29)17-9-10-19(24)31-17/h3-11H,1-2H3,(H,26,29)(H,28,30). The third-order valence-electron chi connectivity index (χ3n) is 4.67. The Kier molecular flexibility index (Phi) is 6.45. The van der Waals surface area contributed by atoms with Crippen LogP contribution in [0.4, 0.5) is 5.69 Å². The molecule has 6 nitrogen and oxygen atoms in total. The van der Waals surface area contributed by atoms with E-state index < -0.39 is 0 Å². The van der Waals surface area contributed by atoms with Gasteiger partial charge in [-0.15, -0.1) is 11.3 Å². The van der Waals surface area contributed by atoms with Crippen molar-refractivity contribution in [3.05, 3.63) is 86.1 Å². The van der Waals surface area contributed by atoms with Crippen LogP contribution in [0.2, 0.25) is 5.02 Å². The minimum absolute atomic E-state index is 0.205. The van der Waals surface area contributed by atoms with Crippen molar-refractivity contribution in [3.63, 3.8) is 0 Å². The van der Waals surface area contributed by atoms with Crippen LogP contribution in [0.25, 0.3) is 10.1 Å². The molecule has 2 amide bonds. The molecular formula is C23H17BrClN3O3S. The van der Waals surface area contributed by atoms with Crippen molar-refractivity contribution in [2.45, 2.75) is 13.8 Å². The molecule has 0 saturated carbocycles. The number of carbonyl (C=O) groups is 2. The summed E-state index contributed by atoms with van der Waals surface area (Å²) in [6, 6.07) is 16.2. The summed E-state index contributed by atoms with van der Waals surface area (Å²) in [5, 5.41) is 8.24. The van der Waals surface area contributed by atoms with E-state index in [4.69, 9.17) is 16.0 Å². The topological polar surface area (TPSA) is 83.7 Å². The molecule has 0 aliphatic rings. The highest BCUT2D eigenvalue weighted by atomic mass is 79.9. The predicted molar refractivity (Wildman–Crippen MR) is 132 cm³/mol. The molecule has 2 aromatic carbocycles. The van der Waals surface area contributed by atoms with Gasteiger partial charge in [0.2, 0.25) is 0 Å². The first-order chi connectivity index (χ1) is 15.3. The van der Waals surface area contributed by atoms with E-state index in [1.165, 1.54) is 11.3 Å². The Morgan fingerprint density at radius 2 is 1.81 bits per heavy atom. The lowest BCUT2D eigenvalue weighted by Gasteiger charge is -2.06. The number of rotatable bonds is 5. The van der Waals surface area contributed by atoms with Crippen molar-refractivity contribution < 1.29 is 14.0 Å². The van der Waals surface area contributed by atoms with Crippen molar-refractivity contribution in [2.24, 2.45) is 5.10 Å². The number of hydrazone groups is 1. The second kappa shape index (κ2) is 9.28. The highest BCUT2D eigenvalue weighted by molar-refractivity contribution is 9.10. The Morgan fingerprint density at radius 1 is 1.06 bits per heavy atom. The van der Waals surface area contributed by atoms with Crippen LogP contribution < -0.4 is 10.7 Å². The molecule has 0 bridgehead atoms. The van der Waals surface area contributed by atoms with Crippen LogP contribution in [0.1, 0.15) is 38.3 Å². The van der Waals surface area contributed by atoms with Crippen LogP contribution >= 0.6 is 38.9 Å². The first-order valence-corrected chi connectivity index (χ1v) is 11.5. The molecule has 32 heavy (non-hydrogen) atoms. The molecule has 0 unspecified atom stereocenters. The van der Waals surface area contributed by atoms with Gasteiger partial charge in [-0.25, -0.2) is 5.43 Å². The smallest absolute Gasteiger partial charge is 0.291 e. The van der Waals surface area contributed by atoms with E-state index in [2.05, 4.69) is 31.8 Å². The third kappa shape index (κ3) is 4.77. The highest BCUT2D eigenvalue weighted by Gasteiger charge is 2.17. The lowest BCUT2D eigenvalue weighted by atomic mass is 10.1. The van der Waals surface area contributed by atoms with Gasteiger partial charge in [0.1, 0.15) is 4.88 Å². The van der Waals surface area contributed by atoms with Gasteiger partial charge >= 0.3 is 0 Å². The molecule has 2 aromatic heterocycles. The lowest BCUT2D eigenvalue weighted by Crippen LogP contribution is -2.18. The van der Waals surface area contributed by atoms with Gasteiger partial charge < -0.3 is 9.73 Å². The molecule has 0 radical (unpaired) electrons. The zero-order valence-corrected chi connectivity index (χ0v) is 20.2. The number of nitrogens with zero attached hydrogens (tertiary/aromatic N) is 1. The number of hydrogen-bond donors (Lipinski definition) is 2. The first kappa shape index (κ1) is 22.3. The fraction of sp³-hybridized carbons (Fsp3) is 0.0870. The zero-order chi connectivity index (χ0) is 22.8. The Balaban J connectivity index is 1.43. The number of hydrogen-bond acceptors (Lipinski definition) is 5. The number of nitrogens with one attached hydrogen (secondary N) is 2. The van der Waals surface area contributed by atoms with E-state index in [0.717, 1.165) is 21.2 Å². The predicted octanol–water partition coefficient (Wildman–Crippen LogP) is 6.62. The van der Waals surface area contributed by atoms with E-state index in [1.54, 1.807) is 43.3 Å². The van der Waals surface area contributed by atoms with E-state index in [-0.39, 0.29) is 17.6 Å². The summed E-state index contributed by atoms with van der Waals surface area (Å²) in [4.78, 5) is 25.2. The largest absolute Gasteiger partial charge is 0.444 e. The van der Waals surface area contributed by atoms with Gasteiger partial charge in [0, 0.05) is 15.8 Å². The Labute approximate surface area is 201 Å². The monoisotopic (exact) mass is 529 g/mol. The number of halogens is 2. The molecule has 162 valence electrons.